The third kappa shape index (κ3) is 6.17. The van der Waals surface area contributed by atoms with Crippen molar-refractivity contribution in [2.75, 3.05) is 31.0 Å². The molecule has 2 aromatic heterocycles. The molecule has 0 saturated heterocycles. The third-order valence-corrected chi connectivity index (χ3v) is 6.24. The van der Waals surface area contributed by atoms with Crippen molar-refractivity contribution < 1.29 is 14.3 Å². The summed E-state index contributed by atoms with van der Waals surface area (Å²) < 4.78 is 4.87. The predicted octanol–water partition coefficient (Wildman–Crippen LogP) is 6.12. The number of aromatic nitrogens is 2. The van der Waals surface area contributed by atoms with Gasteiger partial charge in [-0.1, -0.05) is 45.0 Å². The van der Waals surface area contributed by atoms with Gasteiger partial charge in [0.15, 0.2) is 0 Å². The van der Waals surface area contributed by atoms with E-state index in [2.05, 4.69) is 16.0 Å². The second-order valence-electron chi connectivity index (χ2n) is 10.8. The van der Waals surface area contributed by atoms with Gasteiger partial charge in [0.1, 0.15) is 11.6 Å². The minimum atomic E-state index is -0.405. The molecule has 1 amide bonds. The number of carbonyl (C=O) groups is 2. The molecule has 0 bridgehead atoms. The minimum Gasteiger partial charge on any atom is -0.465 e. The average Bonchev–Trinajstić information content (AvgIpc) is 2.90. The number of nitrogens with zero attached hydrogens (tertiary/aromatic N) is 4. The lowest BCUT2D eigenvalue weighted by Crippen LogP contribution is -2.34. The number of hydrogen-bond acceptors (Lipinski definition) is 6. The topological polar surface area (TPSA) is 75.6 Å². The highest BCUT2D eigenvalue weighted by Crippen LogP contribution is 2.30. The Kier molecular flexibility index (Phi) is 7.76. The summed E-state index contributed by atoms with van der Waals surface area (Å²) in [6.45, 7) is 6.52. The van der Waals surface area contributed by atoms with Crippen LogP contribution in [0.5, 0.6) is 0 Å². The monoisotopic (exact) mass is 510 g/mol. The second-order valence-corrected chi connectivity index (χ2v) is 10.8. The molecule has 0 aliphatic carbocycles. The van der Waals surface area contributed by atoms with Crippen molar-refractivity contribution in [3.8, 4) is 11.1 Å². The first-order valence-corrected chi connectivity index (χ1v) is 12.6. The van der Waals surface area contributed by atoms with Gasteiger partial charge in [-0.15, -0.1) is 0 Å². The van der Waals surface area contributed by atoms with E-state index in [9.17, 15) is 9.59 Å². The lowest BCUT2D eigenvalue weighted by atomic mass is 9.91. The highest BCUT2D eigenvalue weighted by molar-refractivity contribution is 6.04. The summed E-state index contributed by atoms with van der Waals surface area (Å²) in [4.78, 5) is 38.5. The zero-order chi connectivity index (χ0) is 27.4. The molecule has 0 fully saturated rings. The molecule has 4 rings (SSSR count). The molecule has 0 aliphatic heterocycles. The Morgan fingerprint density at radius 2 is 1.61 bits per heavy atom. The first-order valence-electron chi connectivity index (χ1n) is 12.6. The summed E-state index contributed by atoms with van der Waals surface area (Å²) in [5.41, 5.74) is 3.33. The van der Waals surface area contributed by atoms with Gasteiger partial charge < -0.3 is 9.64 Å². The molecule has 0 unspecified atom stereocenters. The Labute approximate surface area is 224 Å². The first kappa shape index (κ1) is 26.8. The van der Waals surface area contributed by atoms with Gasteiger partial charge in [0, 0.05) is 43.9 Å². The summed E-state index contributed by atoms with van der Waals surface area (Å²) in [7, 11) is 5.29. The standard InChI is InChI=1S/C31H34N4O3/c1-31(2,3)18-28(36)35(29-26-13-11-24(30(37)38-6)17-23(26)15-16-32-29)20-21-7-9-22(10-8-21)25-12-14-27(33-19-25)34(4)5/h7-17,19H,18,20H2,1-6H3. The normalized spacial score (nSPS) is 11.3. The Hall–Kier alpha value is -4.26. The summed E-state index contributed by atoms with van der Waals surface area (Å²) in [6.07, 6.45) is 3.91. The van der Waals surface area contributed by atoms with E-state index in [1.165, 1.54) is 7.11 Å². The van der Waals surface area contributed by atoms with Crippen LogP contribution in [-0.2, 0) is 16.1 Å². The summed E-state index contributed by atoms with van der Waals surface area (Å²) >= 11 is 0. The van der Waals surface area contributed by atoms with E-state index < -0.39 is 5.97 Å². The van der Waals surface area contributed by atoms with Crippen LogP contribution in [0.25, 0.3) is 21.9 Å². The number of rotatable bonds is 7. The van der Waals surface area contributed by atoms with Crippen LogP contribution in [0.1, 0.15) is 43.1 Å². The van der Waals surface area contributed by atoms with Gasteiger partial charge in [-0.3, -0.25) is 9.69 Å². The second kappa shape index (κ2) is 11.0. The molecule has 0 N–H and O–H groups in total. The van der Waals surface area contributed by atoms with E-state index >= 15 is 0 Å². The fourth-order valence-electron chi connectivity index (χ4n) is 4.26. The minimum absolute atomic E-state index is 0.0119. The van der Waals surface area contributed by atoms with Crippen molar-refractivity contribution in [2.24, 2.45) is 5.41 Å². The largest absolute Gasteiger partial charge is 0.465 e. The lowest BCUT2D eigenvalue weighted by molar-refractivity contribution is -0.120. The molecule has 0 atom stereocenters. The van der Waals surface area contributed by atoms with E-state index in [0.29, 0.717) is 24.3 Å². The van der Waals surface area contributed by atoms with Gasteiger partial charge in [0.2, 0.25) is 5.91 Å². The Bertz CT molecular complexity index is 1440. The molecule has 38 heavy (non-hydrogen) atoms. The molecule has 4 aromatic rings. The van der Waals surface area contributed by atoms with Crippen molar-refractivity contribution in [1.29, 1.82) is 0 Å². The molecule has 0 radical (unpaired) electrons. The van der Waals surface area contributed by atoms with Crippen molar-refractivity contribution in [1.82, 2.24) is 9.97 Å². The Morgan fingerprint density at radius 3 is 2.21 bits per heavy atom. The van der Waals surface area contributed by atoms with Crippen LogP contribution in [0.4, 0.5) is 11.6 Å². The zero-order valence-electron chi connectivity index (χ0n) is 22.9. The quantitative estimate of drug-likeness (QED) is 0.279. The highest BCUT2D eigenvalue weighted by Gasteiger charge is 2.25. The van der Waals surface area contributed by atoms with Gasteiger partial charge in [-0.25, -0.2) is 14.8 Å². The summed E-state index contributed by atoms with van der Waals surface area (Å²) in [5.74, 6) is 1.06. The average molecular weight is 511 g/mol. The molecule has 2 heterocycles. The zero-order valence-corrected chi connectivity index (χ0v) is 22.9. The molecule has 0 spiro atoms. The smallest absolute Gasteiger partial charge is 0.337 e. The molecule has 0 saturated carbocycles. The van der Waals surface area contributed by atoms with Gasteiger partial charge >= 0.3 is 5.97 Å². The maximum Gasteiger partial charge on any atom is 0.337 e. The fraction of sp³-hybridized carbons (Fsp3) is 0.290. The van der Waals surface area contributed by atoms with Gasteiger partial charge in [-0.05, 0) is 58.3 Å². The van der Waals surface area contributed by atoms with Crippen LogP contribution < -0.4 is 9.80 Å². The number of benzene rings is 2. The Balaban J connectivity index is 1.68. The van der Waals surface area contributed by atoms with Crippen LogP contribution in [0.2, 0.25) is 0 Å². The number of hydrogen-bond donors (Lipinski definition) is 0. The SMILES string of the molecule is COC(=O)c1ccc2c(N(Cc3ccc(-c4ccc(N(C)C)nc4)cc3)C(=O)CC(C)(C)C)nccc2c1. The highest BCUT2D eigenvalue weighted by atomic mass is 16.5. The van der Waals surface area contributed by atoms with Crippen molar-refractivity contribution in [3.63, 3.8) is 0 Å². The lowest BCUT2D eigenvalue weighted by Gasteiger charge is -2.27. The van der Waals surface area contributed by atoms with E-state index in [-0.39, 0.29) is 11.3 Å². The van der Waals surface area contributed by atoms with Crippen molar-refractivity contribution in [2.45, 2.75) is 33.7 Å². The van der Waals surface area contributed by atoms with Crippen molar-refractivity contribution in [3.05, 3.63) is 84.2 Å². The maximum absolute atomic E-state index is 13.6. The Morgan fingerprint density at radius 1 is 0.895 bits per heavy atom. The number of carbonyl (C=O) groups excluding carboxylic acids is 2. The van der Waals surface area contributed by atoms with Crippen LogP contribution in [0.15, 0.2) is 73.1 Å². The summed E-state index contributed by atoms with van der Waals surface area (Å²) in [6, 6.07) is 19.4. The molecule has 7 nitrogen and oxygen atoms in total. The number of pyridine rings is 2. The fourth-order valence-corrected chi connectivity index (χ4v) is 4.26. The first-order chi connectivity index (χ1) is 18.1. The van der Waals surface area contributed by atoms with Crippen LogP contribution in [0.3, 0.4) is 0 Å². The van der Waals surface area contributed by atoms with E-state index in [1.807, 2.05) is 88.4 Å². The number of fused-ring (bicyclic) bond motifs is 1. The summed E-state index contributed by atoms with van der Waals surface area (Å²) in [5, 5.41) is 1.61. The number of methoxy groups -OCH3 is 1. The number of ether oxygens (including phenoxy) is 1. The van der Waals surface area contributed by atoms with Gasteiger partial charge in [-0.2, -0.15) is 0 Å². The maximum atomic E-state index is 13.6. The molecule has 7 heteroatoms. The van der Waals surface area contributed by atoms with E-state index in [0.717, 1.165) is 33.3 Å². The third-order valence-electron chi connectivity index (χ3n) is 6.24. The number of amides is 1. The van der Waals surface area contributed by atoms with Gasteiger partial charge in [0.05, 0.1) is 19.2 Å². The molecule has 196 valence electrons. The molecule has 2 aromatic carbocycles. The van der Waals surface area contributed by atoms with E-state index in [4.69, 9.17) is 4.74 Å². The van der Waals surface area contributed by atoms with Gasteiger partial charge in [0.25, 0.3) is 0 Å². The number of anilines is 2. The molecular formula is C31H34N4O3. The van der Waals surface area contributed by atoms with E-state index in [1.54, 1.807) is 23.2 Å². The van der Waals surface area contributed by atoms with Crippen LogP contribution >= 0.6 is 0 Å². The molecule has 0 aliphatic rings. The van der Waals surface area contributed by atoms with Crippen LogP contribution in [-0.4, -0.2) is 43.0 Å². The predicted molar refractivity (Wildman–Crippen MR) is 152 cm³/mol. The molecular weight excluding hydrogens is 476 g/mol. The van der Waals surface area contributed by atoms with Crippen molar-refractivity contribution >= 4 is 34.3 Å². The van der Waals surface area contributed by atoms with Crippen LogP contribution in [0, 0.1) is 5.41 Å². The number of esters is 1.